The van der Waals surface area contributed by atoms with E-state index < -0.39 is 0 Å². The summed E-state index contributed by atoms with van der Waals surface area (Å²) in [6.45, 7) is 3.85. The Kier molecular flexibility index (Phi) is 7.02. The first kappa shape index (κ1) is 18.7. The van der Waals surface area contributed by atoms with Gasteiger partial charge in [-0.3, -0.25) is 4.79 Å². The molecular weight excluding hydrogens is 322 g/mol. The number of guanidine groups is 1. The average molecular weight is 352 g/mol. The summed E-state index contributed by atoms with van der Waals surface area (Å²) in [7, 11) is 5.50. The number of fused-ring (bicyclic) bond motifs is 1. The first-order valence-corrected chi connectivity index (χ1v) is 9.50. The second-order valence-electron chi connectivity index (χ2n) is 6.40. The van der Waals surface area contributed by atoms with Crippen molar-refractivity contribution in [2.75, 3.05) is 34.2 Å². The third-order valence-electron chi connectivity index (χ3n) is 4.02. The van der Waals surface area contributed by atoms with Crippen molar-refractivity contribution in [3.8, 4) is 0 Å². The van der Waals surface area contributed by atoms with E-state index in [0.29, 0.717) is 0 Å². The molecule has 1 aliphatic carbocycles. The van der Waals surface area contributed by atoms with Crippen molar-refractivity contribution in [3.05, 3.63) is 15.6 Å². The van der Waals surface area contributed by atoms with E-state index in [1.54, 1.807) is 19.0 Å². The Bertz CT molecular complexity index is 558. The summed E-state index contributed by atoms with van der Waals surface area (Å²) in [4.78, 5) is 26.1. The molecule has 0 aliphatic heterocycles. The van der Waals surface area contributed by atoms with Gasteiger partial charge in [-0.1, -0.05) is 6.92 Å². The van der Waals surface area contributed by atoms with Crippen molar-refractivity contribution in [1.29, 1.82) is 0 Å². The molecule has 0 aromatic carbocycles. The summed E-state index contributed by atoms with van der Waals surface area (Å²) in [5.41, 5.74) is 1.29. The van der Waals surface area contributed by atoms with Crippen LogP contribution in [0.2, 0.25) is 0 Å². The third kappa shape index (κ3) is 5.19. The lowest BCUT2D eigenvalue weighted by Gasteiger charge is -2.21. The number of hydrogen-bond donors (Lipinski definition) is 1. The zero-order valence-electron chi connectivity index (χ0n) is 15.3. The van der Waals surface area contributed by atoms with Crippen LogP contribution < -0.4 is 5.32 Å². The highest BCUT2D eigenvalue weighted by atomic mass is 32.1. The second-order valence-corrected chi connectivity index (χ2v) is 7.56. The van der Waals surface area contributed by atoms with Crippen LogP contribution in [0.4, 0.5) is 0 Å². The molecule has 2 rings (SSSR count). The van der Waals surface area contributed by atoms with Gasteiger partial charge in [0.05, 0.1) is 12.2 Å². The topological polar surface area (TPSA) is 60.8 Å². The Morgan fingerprint density at radius 1 is 1.29 bits per heavy atom. The number of carbonyl (C=O) groups is 1. The number of thiazole rings is 1. The third-order valence-corrected chi connectivity index (χ3v) is 5.16. The summed E-state index contributed by atoms with van der Waals surface area (Å²) in [5.74, 6) is 0.768. The summed E-state index contributed by atoms with van der Waals surface area (Å²) in [6.07, 6.45) is 5.83. The summed E-state index contributed by atoms with van der Waals surface area (Å²) >= 11 is 1.82. The molecule has 0 radical (unpaired) electrons. The van der Waals surface area contributed by atoms with Crippen LogP contribution in [0, 0.1) is 0 Å². The molecule has 1 aromatic heterocycles. The van der Waals surface area contributed by atoms with Gasteiger partial charge >= 0.3 is 0 Å². The Morgan fingerprint density at radius 2 is 2.04 bits per heavy atom. The van der Waals surface area contributed by atoms with Crippen LogP contribution in [-0.4, -0.2) is 60.9 Å². The smallest absolute Gasteiger partial charge is 0.243 e. The highest BCUT2D eigenvalue weighted by Crippen LogP contribution is 2.27. The van der Waals surface area contributed by atoms with E-state index in [0.717, 1.165) is 36.9 Å². The minimum Gasteiger partial charge on any atom is -0.356 e. The predicted molar refractivity (Wildman–Crippen MR) is 99.5 cm³/mol. The fraction of sp³-hybridized carbons (Fsp3) is 0.706. The maximum Gasteiger partial charge on any atom is 0.243 e. The van der Waals surface area contributed by atoms with Gasteiger partial charge in [0.15, 0.2) is 5.96 Å². The van der Waals surface area contributed by atoms with Gasteiger partial charge in [-0.15, -0.1) is 11.3 Å². The van der Waals surface area contributed by atoms with E-state index in [1.165, 1.54) is 29.8 Å². The molecule has 1 heterocycles. The number of likely N-dealkylation sites (N-methyl/N-ethyl adjacent to an activating group) is 1. The van der Waals surface area contributed by atoms with E-state index in [1.807, 2.05) is 18.4 Å². The molecular formula is C17H29N5OS. The molecule has 0 unspecified atom stereocenters. The molecule has 7 heteroatoms. The Morgan fingerprint density at radius 3 is 2.71 bits per heavy atom. The summed E-state index contributed by atoms with van der Waals surface area (Å²) in [5, 5.41) is 4.46. The number of nitrogens with one attached hydrogen (secondary N) is 1. The first-order chi connectivity index (χ1) is 11.5. The molecule has 0 fully saturated rings. The average Bonchev–Trinajstić information content (AvgIpc) is 2.96. The maximum absolute atomic E-state index is 11.8. The molecule has 0 saturated carbocycles. The lowest BCUT2D eigenvalue weighted by Crippen LogP contribution is -2.39. The Balaban J connectivity index is 2.03. The molecule has 1 amide bonds. The van der Waals surface area contributed by atoms with Crippen molar-refractivity contribution < 1.29 is 4.79 Å². The van der Waals surface area contributed by atoms with Gasteiger partial charge in [-0.2, -0.15) is 0 Å². The maximum atomic E-state index is 11.8. The number of aliphatic imine (C=N–C) groups is 1. The van der Waals surface area contributed by atoms with Crippen LogP contribution in [0.1, 0.15) is 41.8 Å². The van der Waals surface area contributed by atoms with Crippen molar-refractivity contribution in [2.45, 2.75) is 45.6 Å². The molecule has 134 valence electrons. The van der Waals surface area contributed by atoms with Crippen LogP contribution in [0.25, 0.3) is 0 Å². The largest absolute Gasteiger partial charge is 0.356 e. The van der Waals surface area contributed by atoms with Crippen LogP contribution in [0.3, 0.4) is 0 Å². The standard InChI is InChI=1S/C17H29N5OS/c1-5-10-18-17(19-11-16(23)21(2)3)22(4)12-15-20-13-8-6-7-9-14(13)24-15/h5-12H2,1-4H3,(H,18,19). The van der Waals surface area contributed by atoms with Crippen LogP contribution in [0.15, 0.2) is 4.99 Å². The SMILES string of the molecule is CCCNC(=NCC(=O)N(C)C)N(C)Cc1nc2c(s1)CCCC2. The second kappa shape index (κ2) is 9.01. The number of nitrogens with zero attached hydrogens (tertiary/aromatic N) is 4. The highest BCUT2D eigenvalue weighted by Gasteiger charge is 2.17. The lowest BCUT2D eigenvalue weighted by atomic mass is 10.0. The monoisotopic (exact) mass is 351 g/mol. The molecule has 24 heavy (non-hydrogen) atoms. The van der Waals surface area contributed by atoms with Crippen molar-refractivity contribution >= 4 is 23.2 Å². The van der Waals surface area contributed by atoms with Crippen molar-refractivity contribution in [2.24, 2.45) is 4.99 Å². The minimum atomic E-state index is 0.00362. The van der Waals surface area contributed by atoms with E-state index >= 15 is 0 Å². The minimum absolute atomic E-state index is 0.00362. The fourth-order valence-electron chi connectivity index (χ4n) is 2.58. The van der Waals surface area contributed by atoms with Gasteiger partial charge in [0.1, 0.15) is 11.6 Å². The number of carbonyl (C=O) groups excluding carboxylic acids is 1. The number of rotatable bonds is 6. The number of amides is 1. The van der Waals surface area contributed by atoms with Crippen LogP contribution >= 0.6 is 11.3 Å². The molecule has 6 nitrogen and oxygen atoms in total. The van der Waals surface area contributed by atoms with Gasteiger partial charge in [0.2, 0.25) is 5.91 Å². The Labute approximate surface area is 149 Å². The Hall–Kier alpha value is -1.63. The quantitative estimate of drug-likeness (QED) is 0.628. The normalized spacial score (nSPS) is 14.2. The highest BCUT2D eigenvalue weighted by molar-refractivity contribution is 7.11. The summed E-state index contributed by atoms with van der Waals surface area (Å²) < 4.78 is 0. The molecule has 1 aromatic rings. The molecule has 0 atom stereocenters. The van der Waals surface area contributed by atoms with Crippen molar-refractivity contribution in [1.82, 2.24) is 20.1 Å². The van der Waals surface area contributed by atoms with E-state index in [9.17, 15) is 4.79 Å². The van der Waals surface area contributed by atoms with Gasteiger partial charge in [-0.05, 0) is 32.1 Å². The fourth-order valence-corrected chi connectivity index (χ4v) is 3.79. The van der Waals surface area contributed by atoms with Crippen LogP contribution in [-0.2, 0) is 24.2 Å². The zero-order valence-corrected chi connectivity index (χ0v) is 16.1. The number of aromatic nitrogens is 1. The number of aryl methyl sites for hydroxylation is 2. The van der Waals surface area contributed by atoms with Gasteiger partial charge in [-0.25, -0.2) is 9.98 Å². The molecule has 0 bridgehead atoms. The van der Waals surface area contributed by atoms with E-state index in [4.69, 9.17) is 4.98 Å². The van der Waals surface area contributed by atoms with E-state index in [-0.39, 0.29) is 12.5 Å². The number of hydrogen-bond acceptors (Lipinski definition) is 4. The van der Waals surface area contributed by atoms with Crippen LogP contribution in [0.5, 0.6) is 0 Å². The predicted octanol–water partition coefficient (Wildman–Crippen LogP) is 1.90. The van der Waals surface area contributed by atoms with Crippen molar-refractivity contribution in [3.63, 3.8) is 0 Å². The summed E-state index contributed by atoms with van der Waals surface area (Å²) in [6, 6.07) is 0. The molecule has 1 N–H and O–H groups in total. The first-order valence-electron chi connectivity index (χ1n) is 8.68. The molecule has 0 saturated heterocycles. The van der Waals surface area contributed by atoms with Gasteiger partial charge in [0, 0.05) is 32.6 Å². The lowest BCUT2D eigenvalue weighted by molar-refractivity contribution is -0.127. The zero-order chi connectivity index (χ0) is 17.5. The van der Waals surface area contributed by atoms with E-state index in [2.05, 4.69) is 22.1 Å². The van der Waals surface area contributed by atoms with Gasteiger partial charge < -0.3 is 15.1 Å². The molecule has 0 spiro atoms. The molecule has 1 aliphatic rings. The van der Waals surface area contributed by atoms with Gasteiger partial charge in [0.25, 0.3) is 0 Å².